The number of phenols is 1. The molecule has 3 N–H and O–H groups in total. The van der Waals surface area contributed by atoms with Gasteiger partial charge in [-0.3, -0.25) is 4.79 Å². The fraction of sp³-hybridized carbons (Fsp3) is 0.148. The zero-order valence-corrected chi connectivity index (χ0v) is 19.4. The van der Waals surface area contributed by atoms with Gasteiger partial charge in [0.2, 0.25) is 0 Å². The third-order valence-corrected chi connectivity index (χ3v) is 5.38. The van der Waals surface area contributed by atoms with Gasteiger partial charge in [-0.2, -0.15) is 4.98 Å². The topological polar surface area (TPSA) is 114 Å². The van der Waals surface area contributed by atoms with Crippen LogP contribution in [-0.4, -0.2) is 34.7 Å². The highest BCUT2D eigenvalue weighted by molar-refractivity contribution is 5.77. The molecule has 0 aliphatic carbocycles. The van der Waals surface area contributed by atoms with E-state index in [1.165, 1.54) is 0 Å². The summed E-state index contributed by atoms with van der Waals surface area (Å²) >= 11 is 0. The van der Waals surface area contributed by atoms with Crippen LogP contribution in [0.2, 0.25) is 0 Å². The molecule has 0 fully saturated rings. The lowest BCUT2D eigenvalue weighted by Gasteiger charge is -2.10. The van der Waals surface area contributed by atoms with Gasteiger partial charge in [-0.15, -0.1) is 0 Å². The highest BCUT2D eigenvalue weighted by Crippen LogP contribution is 2.27. The second-order valence-corrected chi connectivity index (χ2v) is 7.93. The molecule has 3 aromatic carbocycles. The molecule has 0 spiro atoms. The molecule has 0 saturated heterocycles. The van der Waals surface area contributed by atoms with Crippen molar-refractivity contribution in [3.63, 3.8) is 0 Å². The van der Waals surface area contributed by atoms with Crippen LogP contribution < -0.4 is 20.5 Å². The number of aromatic hydroxyl groups is 1. The summed E-state index contributed by atoms with van der Waals surface area (Å²) < 4.78 is 10.9. The second kappa shape index (κ2) is 10.6. The second-order valence-electron chi connectivity index (χ2n) is 7.93. The van der Waals surface area contributed by atoms with E-state index < -0.39 is 5.69 Å². The molecule has 0 saturated carbocycles. The number of H-pyrrole nitrogens is 1. The van der Waals surface area contributed by atoms with E-state index in [1.54, 1.807) is 56.5 Å². The molecule has 1 amide bonds. The van der Waals surface area contributed by atoms with Crippen molar-refractivity contribution in [2.45, 2.75) is 13.5 Å². The number of aromatic nitrogens is 2. The number of phenolic OH excluding ortho intramolecular Hbond substituents is 1. The predicted molar refractivity (Wildman–Crippen MR) is 132 cm³/mol. The average molecular weight is 472 g/mol. The average Bonchev–Trinajstić information content (AvgIpc) is 2.87. The maximum absolute atomic E-state index is 12.3. The number of carbonyl (C=O) groups is 1. The lowest BCUT2D eigenvalue weighted by molar-refractivity contribution is -0.123. The van der Waals surface area contributed by atoms with Crippen LogP contribution in [0.4, 0.5) is 0 Å². The van der Waals surface area contributed by atoms with Gasteiger partial charge in [0.15, 0.2) is 6.61 Å². The predicted octanol–water partition coefficient (Wildman–Crippen LogP) is 3.82. The Bertz CT molecular complexity index is 1410. The normalized spacial score (nSPS) is 10.6. The number of ether oxygens (including phenoxy) is 2. The number of amides is 1. The Morgan fingerprint density at radius 3 is 2.60 bits per heavy atom. The maximum atomic E-state index is 12.3. The lowest BCUT2D eigenvalue weighted by atomic mass is 10.1. The van der Waals surface area contributed by atoms with Gasteiger partial charge >= 0.3 is 5.69 Å². The number of rotatable bonds is 8. The summed E-state index contributed by atoms with van der Waals surface area (Å²) in [6.07, 6.45) is 0. The van der Waals surface area contributed by atoms with E-state index in [2.05, 4.69) is 15.3 Å². The van der Waals surface area contributed by atoms with Crippen molar-refractivity contribution in [1.82, 2.24) is 15.3 Å². The molecule has 1 heterocycles. The molecule has 8 nitrogen and oxygen atoms in total. The van der Waals surface area contributed by atoms with Crippen molar-refractivity contribution in [2.75, 3.05) is 13.7 Å². The molecule has 0 radical (unpaired) electrons. The van der Waals surface area contributed by atoms with Crippen molar-refractivity contribution in [3.8, 4) is 39.8 Å². The molecular formula is C27H25N3O5. The molecule has 4 aromatic rings. The minimum absolute atomic E-state index is 0.154. The van der Waals surface area contributed by atoms with Crippen LogP contribution in [-0.2, 0) is 11.3 Å². The quantitative estimate of drug-likeness (QED) is 0.360. The minimum atomic E-state index is -0.494. The van der Waals surface area contributed by atoms with Crippen molar-refractivity contribution in [3.05, 3.63) is 94.4 Å². The fourth-order valence-electron chi connectivity index (χ4n) is 3.51. The number of aryl methyl sites for hydroxylation is 1. The van der Waals surface area contributed by atoms with Gasteiger partial charge in [-0.1, -0.05) is 24.3 Å². The van der Waals surface area contributed by atoms with E-state index in [-0.39, 0.29) is 18.3 Å². The van der Waals surface area contributed by atoms with E-state index in [0.29, 0.717) is 40.4 Å². The third kappa shape index (κ3) is 6.05. The Morgan fingerprint density at radius 2 is 1.80 bits per heavy atom. The van der Waals surface area contributed by atoms with E-state index in [4.69, 9.17) is 9.47 Å². The monoisotopic (exact) mass is 471 g/mol. The van der Waals surface area contributed by atoms with Crippen LogP contribution in [0.5, 0.6) is 17.2 Å². The zero-order chi connectivity index (χ0) is 24.8. The van der Waals surface area contributed by atoms with Gasteiger partial charge in [0.05, 0.1) is 18.5 Å². The Morgan fingerprint density at radius 1 is 1.00 bits per heavy atom. The molecule has 35 heavy (non-hydrogen) atoms. The van der Waals surface area contributed by atoms with Crippen LogP contribution in [0.3, 0.4) is 0 Å². The van der Waals surface area contributed by atoms with Crippen LogP contribution >= 0.6 is 0 Å². The first-order valence-electron chi connectivity index (χ1n) is 11.0. The number of hydrogen-bond acceptors (Lipinski definition) is 6. The van der Waals surface area contributed by atoms with Crippen LogP contribution in [0, 0.1) is 6.92 Å². The number of carbonyl (C=O) groups excluding carboxylic acids is 1. The first kappa shape index (κ1) is 23.6. The molecule has 0 atom stereocenters. The van der Waals surface area contributed by atoms with Gasteiger partial charge in [-0.05, 0) is 66.6 Å². The van der Waals surface area contributed by atoms with Crippen molar-refractivity contribution < 1.29 is 19.4 Å². The van der Waals surface area contributed by atoms with Crippen molar-refractivity contribution in [2.24, 2.45) is 0 Å². The molecule has 0 aliphatic heterocycles. The third-order valence-electron chi connectivity index (χ3n) is 5.38. The van der Waals surface area contributed by atoms with Gasteiger partial charge in [0, 0.05) is 17.7 Å². The summed E-state index contributed by atoms with van der Waals surface area (Å²) in [6, 6.07) is 21.3. The molecule has 178 valence electrons. The molecule has 0 bridgehead atoms. The number of aromatic amines is 1. The van der Waals surface area contributed by atoms with E-state index >= 15 is 0 Å². The van der Waals surface area contributed by atoms with Crippen LogP contribution in [0.1, 0.15) is 11.1 Å². The van der Waals surface area contributed by atoms with E-state index in [1.807, 2.05) is 30.3 Å². The van der Waals surface area contributed by atoms with Crippen molar-refractivity contribution >= 4 is 5.91 Å². The summed E-state index contributed by atoms with van der Waals surface area (Å²) in [4.78, 5) is 31.3. The number of methoxy groups -OCH3 is 1. The van der Waals surface area contributed by atoms with E-state index in [9.17, 15) is 14.7 Å². The van der Waals surface area contributed by atoms with Gasteiger partial charge in [0.1, 0.15) is 17.2 Å². The number of benzene rings is 3. The van der Waals surface area contributed by atoms with E-state index in [0.717, 1.165) is 11.3 Å². The molecule has 1 aromatic heterocycles. The zero-order valence-electron chi connectivity index (χ0n) is 19.4. The number of nitrogens with one attached hydrogen (secondary N) is 2. The van der Waals surface area contributed by atoms with Gasteiger partial charge in [0.25, 0.3) is 5.91 Å². The number of hydrogen-bond donors (Lipinski definition) is 3. The van der Waals surface area contributed by atoms with Gasteiger partial charge in [-0.25, -0.2) is 4.79 Å². The molecule has 4 rings (SSSR count). The minimum Gasteiger partial charge on any atom is -0.508 e. The summed E-state index contributed by atoms with van der Waals surface area (Å²) in [7, 11) is 1.59. The summed E-state index contributed by atoms with van der Waals surface area (Å²) in [5, 5.41) is 12.6. The molecular weight excluding hydrogens is 446 g/mol. The first-order chi connectivity index (χ1) is 16.9. The van der Waals surface area contributed by atoms with Crippen molar-refractivity contribution in [1.29, 1.82) is 0 Å². The largest absolute Gasteiger partial charge is 0.508 e. The number of nitrogens with zero attached hydrogens (tertiary/aromatic N) is 1. The Labute approximate surface area is 202 Å². The maximum Gasteiger partial charge on any atom is 0.345 e. The van der Waals surface area contributed by atoms with Gasteiger partial charge < -0.3 is 24.9 Å². The highest BCUT2D eigenvalue weighted by atomic mass is 16.5. The SMILES string of the molecule is COc1cccc(CNC(=O)COc2cccc(-c3cc(-c4ccc(O)c(C)c4)nc(=O)[nH]3)c2)c1. The molecule has 8 heteroatoms. The highest BCUT2D eigenvalue weighted by Gasteiger charge is 2.09. The summed E-state index contributed by atoms with van der Waals surface area (Å²) in [5.74, 6) is 1.12. The first-order valence-corrected chi connectivity index (χ1v) is 11.0. The molecule has 0 aliphatic rings. The smallest absolute Gasteiger partial charge is 0.345 e. The summed E-state index contributed by atoms with van der Waals surface area (Å²) in [5.41, 5.74) is 3.57. The Kier molecular flexibility index (Phi) is 7.11. The van der Waals surface area contributed by atoms with Crippen LogP contribution in [0.25, 0.3) is 22.5 Å². The summed E-state index contributed by atoms with van der Waals surface area (Å²) in [6.45, 7) is 1.98. The fourth-order valence-corrected chi connectivity index (χ4v) is 3.51. The molecule has 0 unspecified atom stereocenters. The standard InChI is InChI=1S/C27H25N3O5/c1-17-11-20(9-10-25(17)31)24-14-23(29-27(33)30-24)19-6-4-8-22(13-19)35-16-26(32)28-15-18-5-3-7-21(12-18)34-2/h3-14,31H,15-16H2,1-2H3,(H,28,32)(H,29,30,33). The Hall–Kier alpha value is -4.59. The van der Waals surface area contributed by atoms with Crippen LogP contribution in [0.15, 0.2) is 77.6 Å². The lowest BCUT2D eigenvalue weighted by Crippen LogP contribution is -2.28. The Balaban J connectivity index is 1.44.